The highest BCUT2D eigenvalue weighted by atomic mass is 35.5. The third-order valence-corrected chi connectivity index (χ3v) is 10.6. The number of halogens is 4. The molecule has 0 bridgehead atoms. The monoisotopic (exact) mass is 713 g/mol. The predicted octanol–water partition coefficient (Wildman–Crippen LogP) is 8.12. The molecule has 48 heavy (non-hydrogen) atoms. The summed E-state index contributed by atoms with van der Waals surface area (Å²) >= 11 is 6.23. The number of carbonyl (C=O) groups excluding carboxylic acids is 1. The summed E-state index contributed by atoms with van der Waals surface area (Å²) in [5.74, 6) is -0.515. The largest absolute Gasteiger partial charge is 0.416 e. The van der Waals surface area contributed by atoms with Gasteiger partial charge in [0.15, 0.2) is 0 Å². The van der Waals surface area contributed by atoms with Crippen LogP contribution in [-0.2, 0) is 32.8 Å². The summed E-state index contributed by atoms with van der Waals surface area (Å²) in [5, 5.41) is 3.03. The van der Waals surface area contributed by atoms with Gasteiger partial charge in [0.1, 0.15) is 0 Å². The second-order valence-electron chi connectivity index (χ2n) is 10.6. The lowest BCUT2D eigenvalue weighted by Gasteiger charge is -2.26. The zero-order chi connectivity index (χ0) is 34.7. The Morgan fingerprint density at radius 2 is 1.42 bits per heavy atom. The Morgan fingerprint density at radius 1 is 0.750 bits per heavy atom. The smallest absolute Gasteiger partial charge is 0.322 e. The van der Waals surface area contributed by atoms with E-state index < -0.39 is 37.7 Å². The number of rotatable bonds is 10. The van der Waals surface area contributed by atoms with Crippen molar-refractivity contribution in [2.45, 2.75) is 29.4 Å². The third kappa shape index (κ3) is 7.98. The normalized spacial score (nSPS) is 11.9. The molecule has 1 amide bonds. The van der Waals surface area contributed by atoms with Crippen LogP contribution in [0.5, 0.6) is 0 Å². The molecule has 0 aliphatic heterocycles. The molecule has 0 fully saturated rings. The molecule has 0 aliphatic rings. The molecule has 0 unspecified atom stereocenters. The summed E-state index contributed by atoms with van der Waals surface area (Å²) < 4.78 is 95.4. The molecule has 0 saturated carbocycles. The van der Waals surface area contributed by atoms with Crippen molar-refractivity contribution >= 4 is 54.6 Å². The average molecular weight is 714 g/mol. The number of hydrogen-bond acceptors (Lipinski definition) is 5. The summed E-state index contributed by atoms with van der Waals surface area (Å²) in [5.41, 5.74) is 0.947. The molecule has 5 rings (SSSR count). The Labute approximate surface area is 280 Å². The van der Waals surface area contributed by atoms with Gasteiger partial charge in [0, 0.05) is 22.0 Å². The number of anilines is 3. The van der Waals surface area contributed by atoms with Crippen molar-refractivity contribution in [2.75, 3.05) is 14.3 Å². The van der Waals surface area contributed by atoms with Crippen LogP contribution in [0.25, 0.3) is 0 Å². The number of sulfonamides is 2. The van der Waals surface area contributed by atoms with Crippen LogP contribution in [0.15, 0.2) is 131 Å². The van der Waals surface area contributed by atoms with Crippen LogP contribution in [0.3, 0.4) is 0 Å². The van der Waals surface area contributed by atoms with E-state index in [0.717, 1.165) is 12.1 Å². The van der Waals surface area contributed by atoms with E-state index >= 15 is 0 Å². The van der Waals surface area contributed by atoms with Gasteiger partial charge in [-0.3, -0.25) is 13.8 Å². The molecule has 0 aromatic heterocycles. The molecule has 14 heteroatoms. The molecule has 0 atom stereocenters. The van der Waals surface area contributed by atoms with Gasteiger partial charge in [0.05, 0.1) is 27.6 Å². The molecule has 5 aromatic rings. The number of amides is 1. The van der Waals surface area contributed by atoms with Crippen LogP contribution >= 0.6 is 11.6 Å². The first kappa shape index (κ1) is 34.5. The Bertz CT molecular complexity index is 2160. The minimum absolute atomic E-state index is 0.0508. The fraction of sp³-hybridized carbons (Fsp3) is 0.0882. The van der Waals surface area contributed by atoms with Gasteiger partial charge in [0.2, 0.25) is 0 Å². The van der Waals surface area contributed by atoms with Crippen LogP contribution in [0, 0.1) is 6.92 Å². The van der Waals surface area contributed by atoms with E-state index in [1.54, 1.807) is 55.5 Å². The van der Waals surface area contributed by atoms with Gasteiger partial charge in [-0.15, -0.1) is 0 Å². The highest BCUT2D eigenvalue weighted by Crippen LogP contribution is 2.32. The minimum Gasteiger partial charge on any atom is -0.322 e. The first-order chi connectivity index (χ1) is 22.6. The van der Waals surface area contributed by atoms with Crippen molar-refractivity contribution in [1.82, 2.24) is 0 Å². The lowest BCUT2D eigenvalue weighted by molar-refractivity contribution is -0.137. The van der Waals surface area contributed by atoms with Crippen molar-refractivity contribution in [2.24, 2.45) is 0 Å². The van der Waals surface area contributed by atoms with Gasteiger partial charge in [-0.05, 0) is 96.9 Å². The lowest BCUT2D eigenvalue weighted by Crippen LogP contribution is -2.31. The first-order valence-electron chi connectivity index (χ1n) is 14.2. The molecule has 2 N–H and O–H groups in total. The summed E-state index contributed by atoms with van der Waals surface area (Å²) in [6.45, 7) is 1.73. The lowest BCUT2D eigenvalue weighted by atomic mass is 10.1. The molecule has 0 radical (unpaired) electrons. The number of benzene rings is 5. The molecule has 8 nitrogen and oxygen atoms in total. The molecule has 0 heterocycles. The summed E-state index contributed by atoms with van der Waals surface area (Å²) in [6, 6.07) is 28.2. The van der Waals surface area contributed by atoms with Crippen molar-refractivity contribution in [3.05, 3.63) is 149 Å². The molecule has 0 spiro atoms. The van der Waals surface area contributed by atoms with Crippen molar-refractivity contribution in [1.29, 1.82) is 0 Å². The molecule has 0 saturated heterocycles. The Morgan fingerprint density at radius 3 is 2.06 bits per heavy atom. The zero-order valence-corrected chi connectivity index (χ0v) is 27.5. The van der Waals surface area contributed by atoms with Crippen LogP contribution in [-0.4, -0.2) is 22.7 Å². The molecular formula is C34H27ClF3N3O5S2. The average Bonchev–Trinajstić information content (AvgIpc) is 3.05. The molecule has 0 aliphatic carbocycles. The minimum atomic E-state index is -4.64. The van der Waals surface area contributed by atoms with E-state index in [-0.39, 0.29) is 33.3 Å². The fourth-order valence-electron chi connectivity index (χ4n) is 4.69. The maximum Gasteiger partial charge on any atom is 0.416 e. The van der Waals surface area contributed by atoms with E-state index in [9.17, 15) is 34.8 Å². The van der Waals surface area contributed by atoms with Gasteiger partial charge in [-0.2, -0.15) is 13.2 Å². The molecule has 248 valence electrons. The summed E-state index contributed by atoms with van der Waals surface area (Å²) in [7, 11) is -8.22. The van der Waals surface area contributed by atoms with Gasteiger partial charge in [0.25, 0.3) is 26.0 Å². The van der Waals surface area contributed by atoms with Crippen LogP contribution in [0.1, 0.15) is 27.0 Å². The van der Waals surface area contributed by atoms with Crippen molar-refractivity contribution < 1.29 is 34.8 Å². The topological polar surface area (TPSA) is 113 Å². The number of carbonyl (C=O) groups is 1. The van der Waals surface area contributed by atoms with E-state index in [1.165, 1.54) is 58.9 Å². The van der Waals surface area contributed by atoms with Crippen LogP contribution in [0.4, 0.5) is 30.2 Å². The van der Waals surface area contributed by atoms with Gasteiger partial charge in [-0.1, -0.05) is 54.1 Å². The maximum atomic E-state index is 13.7. The fourth-order valence-corrected chi connectivity index (χ4v) is 7.44. The zero-order valence-electron chi connectivity index (χ0n) is 25.1. The van der Waals surface area contributed by atoms with Gasteiger partial charge >= 0.3 is 6.18 Å². The highest BCUT2D eigenvalue weighted by Gasteiger charge is 2.31. The Hall–Kier alpha value is -4.85. The molecule has 5 aromatic carbocycles. The van der Waals surface area contributed by atoms with Crippen LogP contribution < -0.4 is 14.3 Å². The summed E-state index contributed by atoms with van der Waals surface area (Å²) in [6.07, 6.45) is -4.64. The number of alkyl halides is 3. The van der Waals surface area contributed by atoms with E-state index in [1.807, 2.05) is 0 Å². The highest BCUT2D eigenvalue weighted by molar-refractivity contribution is 7.93. The van der Waals surface area contributed by atoms with E-state index in [0.29, 0.717) is 27.9 Å². The summed E-state index contributed by atoms with van der Waals surface area (Å²) in [4.78, 5) is 12.8. The third-order valence-electron chi connectivity index (χ3n) is 7.18. The standard InChI is InChI=1S/C34H27ClF3N3O5S2/c1-23-10-15-27(35)21-32(23)41(48(45,46)31-8-3-2-4-9-31)22-24-11-13-25(14-12-24)33(42)39-28-16-18-30(19-17-28)47(43,44)40-29-7-5-6-26(20-29)34(36,37)38/h2-21,40H,22H2,1H3,(H,39,42). The number of nitrogens with zero attached hydrogens (tertiary/aromatic N) is 1. The van der Waals surface area contributed by atoms with Crippen molar-refractivity contribution in [3.8, 4) is 0 Å². The second-order valence-corrected chi connectivity index (χ2v) is 14.6. The van der Waals surface area contributed by atoms with Gasteiger partial charge < -0.3 is 5.32 Å². The Kier molecular flexibility index (Phi) is 9.85. The number of aryl methyl sites for hydroxylation is 1. The molecular weight excluding hydrogens is 687 g/mol. The SMILES string of the molecule is Cc1ccc(Cl)cc1N(Cc1ccc(C(=O)Nc2ccc(S(=O)(=O)Nc3cccc(C(F)(F)F)c3)cc2)cc1)S(=O)(=O)c1ccccc1. The maximum absolute atomic E-state index is 13.7. The second kappa shape index (κ2) is 13.7. The number of hydrogen-bond donors (Lipinski definition) is 2. The predicted molar refractivity (Wildman–Crippen MR) is 179 cm³/mol. The van der Waals surface area contributed by atoms with E-state index in [4.69, 9.17) is 11.6 Å². The van der Waals surface area contributed by atoms with Crippen LogP contribution in [0.2, 0.25) is 5.02 Å². The van der Waals surface area contributed by atoms with Gasteiger partial charge in [-0.25, -0.2) is 16.8 Å². The quantitative estimate of drug-likeness (QED) is 0.152. The first-order valence-corrected chi connectivity index (χ1v) is 17.5. The Balaban J connectivity index is 1.30. The van der Waals surface area contributed by atoms with Crippen molar-refractivity contribution in [3.63, 3.8) is 0 Å². The van der Waals surface area contributed by atoms with E-state index in [2.05, 4.69) is 10.0 Å². The number of nitrogens with one attached hydrogen (secondary N) is 2.